The smallest absolute Gasteiger partial charge is 0.312 e. The number of allylic oxidation sites excluding steroid dienone is 2. The second kappa shape index (κ2) is 2.41. The molecule has 14 heavy (non-hydrogen) atoms. The number of methoxy groups -OCH3 is 1. The van der Waals surface area contributed by atoms with Crippen LogP contribution in [0.1, 0.15) is 19.8 Å². The van der Waals surface area contributed by atoms with E-state index in [4.69, 9.17) is 4.74 Å². The molecular weight excluding hydrogens is 176 g/mol. The zero-order valence-corrected chi connectivity index (χ0v) is 8.69. The Bertz CT molecular complexity index is 320. The summed E-state index contributed by atoms with van der Waals surface area (Å²) < 4.78 is 4.99. The Kier molecular flexibility index (Phi) is 1.47. The lowest BCUT2D eigenvalue weighted by molar-refractivity contribution is -0.173. The topological polar surface area (TPSA) is 26.3 Å². The minimum Gasteiger partial charge on any atom is -0.469 e. The molecule has 2 nitrogen and oxygen atoms in total. The molecule has 0 aromatic rings. The van der Waals surface area contributed by atoms with Crippen molar-refractivity contribution >= 4 is 5.97 Å². The van der Waals surface area contributed by atoms with E-state index in [-0.39, 0.29) is 11.4 Å². The summed E-state index contributed by atoms with van der Waals surface area (Å²) in [5.74, 6) is 2.44. The van der Waals surface area contributed by atoms with Gasteiger partial charge in [0.05, 0.1) is 12.5 Å². The molecule has 2 bridgehead atoms. The first-order chi connectivity index (χ1) is 6.70. The van der Waals surface area contributed by atoms with Gasteiger partial charge < -0.3 is 4.74 Å². The molecule has 2 saturated carbocycles. The van der Waals surface area contributed by atoms with Crippen molar-refractivity contribution in [1.29, 1.82) is 0 Å². The molecule has 0 saturated heterocycles. The lowest BCUT2D eigenvalue weighted by Gasteiger charge is -2.52. The van der Waals surface area contributed by atoms with Gasteiger partial charge in [0, 0.05) is 0 Å². The zero-order valence-electron chi connectivity index (χ0n) is 8.69. The van der Waals surface area contributed by atoms with Crippen LogP contribution in [0.4, 0.5) is 0 Å². The van der Waals surface area contributed by atoms with Gasteiger partial charge in [0.25, 0.3) is 0 Å². The highest BCUT2D eigenvalue weighted by Crippen LogP contribution is 2.69. The second-order valence-corrected chi connectivity index (χ2v) is 5.13. The molecule has 5 atom stereocenters. The average Bonchev–Trinajstić information content (AvgIpc) is 2.69. The average molecular weight is 192 g/mol. The summed E-state index contributed by atoms with van der Waals surface area (Å²) in [5.41, 5.74) is -0.117. The first-order valence-electron chi connectivity index (χ1n) is 5.47. The van der Waals surface area contributed by atoms with E-state index in [9.17, 15) is 4.79 Å². The summed E-state index contributed by atoms with van der Waals surface area (Å²) >= 11 is 0. The van der Waals surface area contributed by atoms with E-state index in [1.807, 2.05) is 0 Å². The van der Waals surface area contributed by atoms with Gasteiger partial charge in [-0.05, 0) is 36.5 Å². The maximum Gasteiger partial charge on any atom is 0.312 e. The predicted octanol–water partition coefficient (Wildman–Crippen LogP) is 2.01. The van der Waals surface area contributed by atoms with Crippen LogP contribution in [0.2, 0.25) is 0 Å². The summed E-state index contributed by atoms with van der Waals surface area (Å²) in [6.07, 6.45) is 6.77. The normalized spacial score (nSPS) is 52.7. The zero-order chi connectivity index (χ0) is 9.92. The molecule has 0 heterocycles. The van der Waals surface area contributed by atoms with Crippen LogP contribution >= 0.6 is 0 Å². The van der Waals surface area contributed by atoms with Crippen molar-refractivity contribution in [3.8, 4) is 0 Å². The van der Waals surface area contributed by atoms with Crippen molar-refractivity contribution in [3.63, 3.8) is 0 Å². The molecule has 0 aromatic heterocycles. The van der Waals surface area contributed by atoms with Crippen molar-refractivity contribution in [2.24, 2.45) is 29.1 Å². The lowest BCUT2D eigenvalue weighted by Crippen LogP contribution is -2.54. The Morgan fingerprint density at radius 1 is 1.50 bits per heavy atom. The highest BCUT2D eigenvalue weighted by Gasteiger charge is 2.68. The number of hydrogen-bond donors (Lipinski definition) is 0. The van der Waals surface area contributed by atoms with Crippen LogP contribution in [0.3, 0.4) is 0 Å². The van der Waals surface area contributed by atoms with E-state index in [2.05, 4.69) is 19.1 Å². The number of esters is 1. The molecule has 0 radical (unpaired) electrons. The van der Waals surface area contributed by atoms with Crippen LogP contribution in [0.5, 0.6) is 0 Å². The fraction of sp³-hybridized carbons (Fsp3) is 0.750. The molecule has 0 N–H and O–H groups in total. The number of fused-ring (bicyclic) bond motifs is 5. The van der Waals surface area contributed by atoms with Crippen LogP contribution in [0, 0.1) is 29.1 Å². The third-order valence-electron chi connectivity index (χ3n) is 4.67. The standard InChI is InChI=1S/C12H16O2/c1-7-6-12(11(13)14-2)9-4-3-8(5-9)10(7)12/h3-4,7-10H,5-6H2,1-2H3. The van der Waals surface area contributed by atoms with E-state index in [0.29, 0.717) is 23.7 Å². The highest BCUT2D eigenvalue weighted by atomic mass is 16.5. The molecule has 0 aromatic carbocycles. The second-order valence-electron chi connectivity index (χ2n) is 5.13. The molecule has 3 rings (SSSR count). The van der Waals surface area contributed by atoms with Crippen molar-refractivity contribution < 1.29 is 9.53 Å². The fourth-order valence-electron chi connectivity index (χ4n) is 4.28. The van der Waals surface area contributed by atoms with E-state index in [0.717, 1.165) is 6.42 Å². The maximum atomic E-state index is 11.9. The van der Waals surface area contributed by atoms with Crippen molar-refractivity contribution in [3.05, 3.63) is 12.2 Å². The molecule has 0 aliphatic heterocycles. The van der Waals surface area contributed by atoms with Gasteiger partial charge in [0.2, 0.25) is 0 Å². The molecule has 2 heteroatoms. The van der Waals surface area contributed by atoms with Crippen molar-refractivity contribution in [1.82, 2.24) is 0 Å². The van der Waals surface area contributed by atoms with Crippen LogP contribution in [-0.4, -0.2) is 13.1 Å². The van der Waals surface area contributed by atoms with Crippen LogP contribution in [0.15, 0.2) is 12.2 Å². The number of hydrogen-bond acceptors (Lipinski definition) is 2. The van der Waals surface area contributed by atoms with Gasteiger partial charge in [-0.2, -0.15) is 0 Å². The molecule has 0 spiro atoms. The molecule has 3 aliphatic rings. The SMILES string of the molecule is COC(=O)C12CC(C)C1C1C=CC2C1. The Labute approximate surface area is 84.3 Å². The van der Waals surface area contributed by atoms with Gasteiger partial charge in [-0.1, -0.05) is 19.1 Å². The number of carbonyl (C=O) groups is 1. The van der Waals surface area contributed by atoms with E-state index in [1.165, 1.54) is 13.5 Å². The van der Waals surface area contributed by atoms with Gasteiger partial charge in [0.15, 0.2) is 0 Å². The predicted molar refractivity (Wildman–Crippen MR) is 52.5 cm³/mol. The summed E-state index contributed by atoms with van der Waals surface area (Å²) in [7, 11) is 1.52. The first-order valence-corrected chi connectivity index (χ1v) is 5.47. The molecule has 5 unspecified atom stereocenters. The van der Waals surface area contributed by atoms with E-state index in [1.54, 1.807) is 0 Å². The van der Waals surface area contributed by atoms with Crippen LogP contribution < -0.4 is 0 Å². The Morgan fingerprint density at radius 3 is 2.93 bits per heavy atom. The number of rotatable bonds is 1. The number of carbonyl (C=O) groups excluding carboxylic acids is 1. The Morgan fingerprint density at radius 2 is 2.29 bits per heavy atom. The number of ether oxygens (including phenoxy) is 1. The summed E-state index contributed by atoms with van der Waals surface area (Å²) in [4.78, 5) is 11.9. The fourth-order valence-corrected chi connectivity index (χ4v) is 4.28. The summed E-state index contributed by atoms with van der Waals surface area (Å²) in [6.45, 7) is 2.26. The van der Waals surface area contributed by atoms with Gasteiger partial charge in [-0.15, -0.1) is 0 Å². The summed E-state index contributed by atoms with van der Waals surface area (Å²) in [5, 5.41) is 0. The Balaban J connectivity index is 2.00. The van der Waals surface area contributed by atoms with Crippen molar-refractivity contribution in [2.45, 2.75) is 19.8 Å². The largest absolute Gasteiger partial charge is 0.469 e. The lowest BCUT2D eigenvalue weighted by atomic mass is 9.50. The quantitative estimate of drug-likeness (QED) is 0.469. The summed E-state index contributed by atoms with van der Waals surface area (Å²) in [6, 6.07) is 0. The van der Waals surface area contributed by atoms with E-state index < -0.39 is 0 Å². The Hall–Kier alpha value is -0.790. The monoisotopic (exact) mass is 192 g/mol. The molecule has 3 aliphatic carbocycles. The highest BCUT2D eigenvalue weighted by molar-refractivity contribution is 5.80. The molecule has 0 amide bonds. The van der Waals surface area contributed by atoms with E-state index >= 15 is 0 Å². The van der Waals surface area contributed by atoms with Gasteiger partial charge in [-0.3, -0.25) is 4.79 Å². The maximum absolute atomic E-state index is 11.9. The minimum atomic E-state index is -0.117. The molecule has 2 fully saturated rings. The molecular formula is C12H16O2. The van der Waals surface area contributed by atoms with Gasteiger partial charge >= 0.3 is 5.97 Å². The van der Waals surface area contributed by atoms with Gasteiger partial charge in [0.1, 0.15) is 0 Å². The first kappa shape index (κ1) is 8.51. The third kappa shape index (κ3) is 0.688. The molecule has 76 valence electrons. The van der Waals surface area contributed by atoms with Crippen molar-refractivity contribution in [2.75, 3.05) is 7.11 Å². The van der Waals surface area contributed by atoms with Crippen LogP contribution in [0.25, 0.3) is 0 Å². The van der Waals surface area contributed by atoms with Crippen LogP contribution in [-0.2, 0) is 9.53 Å². The third-order valence-corrected chi connectivity index (χ3v) is 4.67. The minimum absolute atomic E-state index is 0.0393. The van der Waals surface area contributed by atoms with Gasteiger partial charge in [-0.25, -0.2) is 0 Å².